The van der Waals surface area contributed by atoms with Crippen LogP contribution in [0.15, 0.2) is 24.3 Å². The molecule has 1 aromatic carbocycles. The van der Waals surface area contributed by atoms with E-state index in [1.165, 1.54) is 19.3 Å². The van der Waals surface area contributed by atoms with Crippen LogP contribution in [0.4, 0.5) is 0 Å². The summed E-state index contributed by atoms with van der Waals surface area (Å²) in [5.41, 5.74) is 1.12. The summed E-state index contributed by atoms with van der Waals surface area (Å²) < 4.78 is 5.16. The molecular formula is C16H22ClNO2. The molecule has 1 fully saturated rings. The number of ether oxygens (including phenoxy) is 1. The standard InChI is InChI=1S/C16H22ClNO2/c1-20-15-9-7-13(8-10-15)12-18(16(19)11-17)14-5-3-2-4-6-14/h7-10,14H,2-6,11-12H2,1H3. The van der Waals surface area contributed by atoms with Crippen LogP contribution >= 0.6 is 11.6 Å². The van der Waals surface area contributed by atoms with E-state index in [9.17, 15) is 4.79 Å². The summed E-state index contributed by atoms with van der Waals surface area (Å²) in [4.78, 5) is 14.1. The highest BCUT2D eigenvalue weighted by atomic mass is 35.5. The van der Waals surface area contributed by atoms with E-state index in [1.807, 2.05) is 29.2 Å². The molecule has 3 nitrogen and oxygen atoms in total. The Bertz CT molecular complexity index is 427. The third-order valence-corrected chi connectivity index (χ3v) is 4.19. The molecule has 2 rings (SSSR count). The first-order chi connectivity index (χ1) is 9.74. The van der Waals surface area contributed by atoms with Crippen LogP contribution in [-0.2, 0) is 11.3 Å². The van der Waals surface area contributed by atoms with E-state index in [2.05, 4.69) is 0 Å². The first kappa shape index (κ1) is 15.2. The monoisotopic (exact) mass is 295 g/mol. The minimum Gasteiger partial charge on any atom is -0.497 e. The van der Waals surface area contributed by atoms with Crippen LogP contribution < -0.4 is 4.74 Å². The molecule has 1 aliphatic rings. The fraction of sp³-hybridized carbons (Fsp3) is 0.562. The summed E-state index contributed by atoms with van der Waals surface area (Å²) in [7, 11) is 1.65. The Labute approximate surface area is 125 Å². The Hall–Kier alpha value is -1.22. The number of methoxy groups -OCH3 is 1. The summed E-state index contributed by atoms with van der Waals surface area (Å²) in [5, 5.41) is 0. The van der Waals surface area contributed by atoms with Gasteiger partial charge in [0.15, 0.2) is 0 Å². The average Bonchev–Trinajstić information content (AvgIpc) is 2.53. The second-order valence-electron chi connectivity index (χ2n) is 5.30. The maximum Gasteiger partial charge on any atom is 0.238 e. The van der Waals surface area contributed by atoms with E-state index in [0.29, 0.717) is 12.6 Å². The zero-order valence-corrected chi connectivity index (χ0v) is 12.7. The lowest BCUT2D eigenvalue weighted by atomic mass is 9.94. The molecule has 0 N–H and O–H groups in total. The van der Waals surface area contributed by atoms with Crippen molar-refractivity contribution in [1.29, 1.82) is 0 Å². The topological polar surface area (TPSA) is 29.5 Å². The van der Waals surface area contributed by atoms with E-state index < -0.39 is 0 Å². The quantitative estimate of drug-likeness (QED) is 0.777. The smallest absolute Gasteiger partial charge is 0.238 e. The van der Waals surface area contributed by atoms with Crippen molar-refractivity contribution in [3.63, 3.8) is 0 Å². The molecule has 0 unspecified atom stereocenters. The van der Waals surface area contributed by atoms with Gasteiger partial charge in [-0.15, -0.1) is 11.6 Å². The summed E-state index contributed by atoms with van der Waals surface area (Å²) in [6.07, 6.45) is 5.89. The van der Waals surface area contributed by atoms with Crippen LogP contribution in [-0.4, -0.2) is 29.8 Å². The van der Waals surface area contributed by atoms with Gasteiger partial charge >= 0.3 is 0 Å². The van der Waals surface area contributed by atoms with Gasteiger partial charge in [0.1, 0.15) is 11.6 Å². The molecule has 0 heterocycles. The molecule has 0 atom stereocenters. The van der Waals surface area contributed by atoms with Crippen LogP contribution in [0.5, 0.6) is 5.75 Å². The molecule has 0 spiro atoms. The number of carbonyl (C=O) groups is 1. The Balaban J connectivity index is 2.07. The molecule has 0 bridgehead atoms. The molecule has 0 radical (unpaired) electrons. The second-order valence-corrected chi connectivity index (χ2v) is 5.56. The first-order valence-corrected chi connectivity index (χ1v) is 7.76. The summed E-state index contributed by atoms with van der Waals surface area (Å²) >= 11 is 5.77. The lowest BCUT2D eigenvalue weighted by Gasteiger charge is -2.34. The van der Waals surface area contributed by atoms with Gasteiger partial charge in [-0.3, -0.25) is 4.79 Å². The maximum atomic E-state index is 12.1. The number of rotatable bonds is 5. The second kappa shape index (κ2) is 7.53. The van der Waals surface area contributed by atoms with E-state index in [0.717, 1.165) is 24.2 Å². The lowest BCUT2D eigenvalue weighted by Crippen LogP contribution is -2.41. The highest BCUT2D eigenvalue weighted by molar-refractivity contribution is 6.27. The molecule has 1 aliphatic carbocycles. The van der Waals surface area contributed by atoms with Crippen molar-refractivity contribution in [2.75, 3.05) is 13.0 Å². The molecular weight excluding hydrogens is 274 g/mol. The molecule has 1 aromatic rings. The summed E-state index contributed by atoms with van der Waals surface area (Å²) in [5.74, 6) is 0.933. The number of hydrogen-bond donors (Lipinski definition) is 0. The van der Waals surface area contributed by atoms with Gasteiger partial charge in [-0.05, 0) is 30.5 Å². The molecule has 0 aliphatic heterocycles. The van der Waals surface area contributed by atoms with Crippen molar-refractivity contribution in [2.45, 2.75) is 44.7 Å². The van der Waals surface area contributed by atoms with Crippen LogP contribution in [0.2, 0.25) is 0 Å². The van der Waals surface area contributed by atoms with E-state index in [-0.39, 0.29) is 11.8 Å². The SMILES string of the molecule is COc1ccc(CN(C(=O)CCl)C2CCCCC2)cc1. The third-order valence-electron chi connectivity index (χ3n) is 3.96. The van der Waals surface area contributed by atoms with Crippen LogP contribution in [0, 0.1) is 0 Å². The Kier molecular flexibility index (Phi) is 5.72. The van der Waals surface area contributed by atoms with Gasteiger partial charge in [0.2, 0.25) is 5.91 Å². The highest BCUT2D eigenvalue weighted by Gasteiger charge is 2.24. The zero-order valence-electron chi connectivity index (χ0n) is 12.0. The fourth-order valence-electron chi connectivity index (χ4n) is 2.82. The molecule has 0 aromatic heterocycles. The molecule has 110 valence electrons. The van der Waals surface area contributed by atoms with Crippen molar-refractivity contribution in [1.82, 2.24) is 4.90 Å². The zero-order chi connectivity index (χ0) is 14.4. The largest absolute Gasteiger partial charge is 0.497 e. The number of carbonyl (C=O) groups excluding carboxylic acids is 1. The van der Waals surface area contributed by atoms with Gasteiger partial charge in [0, 0.05) is 12.6 Å². The van der Waals surface area contributed by atoms with Crippen molar-refractivity contribution in [3.8, 4) is 5.75 Å². The van der Waals surface area contributed by atoms with E-state index in [1.54, 1.807) is 7.11 Å². The van der Waals surface area contributed by atoms with Crippen LogP contribution in [0.25, 0.3) is 0 Å². The number of hydrogen-bond acceptors (Lipinski definition) is 2. The number of halogens is 1. The summed E-state index contributed by atoms with van der Waals surface area (Å²) in [6.45, 7) is 0.639. The average molecular weight is 296 g/mol. The Morgan fingerprint density at radius 3 is 2.45 bits per heavy atom. The van der Waals surface area contributed by atoms with Gasteiger partial charge in [0.05, 0.1) is 7.11 Å². The van der Waals surface area contributed by atoms with E-state index in [4.69, 9.17) is 16.3 Å². The predicted octanol–water partition coefficient (Wildman–Crippen LogP) is 3.60. The molecule has 4 heteroatoms. The van der Waals surface area contributed by atoms with Crippen LogP contribution in [0.1, 0.15) is 37.7 Å². The first-order valence-electron chi connectivity index (χ1n) is 7.23. The summed E-state index contributed by atoms with van der Waals surface area (Å²) in [6, 6.07) is 8.22. The number of amides is 1. The number of alkyl halides is 1. The number of benzene rings is 1. The van der Waals surface area contributed by atoms with Gasteiger partial charge < -0.3 is 9.64 Å². The minimum atomic E-state index is 0.0365. The maximum absolute atomic E-state index is 12.1. The number of nitrogens with zero attached hydrogens (tertiary/aromatic N) is 1. The normalized spacial score (nSPS) is 15.9. The fourth-order valence-corrected chi connectivity index (χ4v) is 2.97. The Morgan fingerprint density at radius 1 is 1.25 bits per heavy atom. The molecule has 0 saturated heterocycles. The van der Waals surface area contributed by atoms with Crippen molar-refractivity contribution in [3.05, 3.63) is 29.8 Å². The Morgan fingerprint density at radius 2 is 1.90 bits per heavy atom. The molecule has 1 saturated carbocycles. The molecule has 20 heavy (non-hydrogen) atoms. The predicted molar refractivity (Wildman–Crippen MR) is 81.1 cm³/mol. The molecule has 1 amide bonds. The minimum absolute atomic E-state index is 0.0365. The van der Waals surface area contributed by atoms with Crippen LogP contribution in [0.3, 0.4) is 0 Å². The highest BCUT2D eigenvalue weighted by Crippen LogP contribution is 2.25. The van der Waals surface area contributed by atoms with Crippen molar-refractivity contribution < 1.29 is 9.53 Å². The lowest BCUT2D eigenvalue weighted by molar-refractivity contribution is -0.132. The van der Waals surface area contributed by atoms with Crippen molar-refractivity contribution >= 4 is 17.5 Å². The third kappa shape index (κ3) is 3.89. The van der Waals surface area contributed by atoms with Gasteiger partial charge in [-0.2, -0.15) is 0 Å². The van der Waals surface area contributed by atoms with Gasteiger partial charge in [0.25, 0.3) is 0 Å². The van der Waals surface area contributed by atoms with E-state index >= 15 is 0 Å². The van der Waals surface area contributed by atoms with Gasteiger partial charge in [-0.1, -0.05) is 31.4 Å². The van der Waals surface area contributed by atoms with Gasteiger partial charge in [-0.25, -0.2) is 0 Å². The van der Waals surface area contributed by atoms with Crippen molar-refractivity contribution in [2.24, 2.45) is 0 Å².